The molecule has 0 amide bonds. The van der Waals surface area contributed by atoms with E-state index in [1.54, 1.807) is 0 Å². The summed E-state index contributed by atoms with van der Waals surface area (Å²) in [6.07, 6.45) is 7.06. The molecule has 0 aliphatic heterocycles. The molecule has 1 saturated carbocycles. The summed E-state index contributed by atoms with van der Waals surface area (Å²) in [5.41, 5.74) is 5.47. The number of benzene rings is 2. The van der Waals surface area contributed by atoms with Crippen LogP contribution in [0, 0.1) is 39.5 Å². The first-order valence-electron chi connectivity index (χ1n) is 13.9. The molecule has 2 aromatic rings. The van der Waals surface area contributed by atoms with Crippen LogP contribution in [0.1, 0.15) is 124 Å². The van der Waals surface area contributed by atoms with Crippen LogP contribution in [-0.4, -0.2) is 0 Å². The number of aryl methyl sites for hydroxylation is 4. The van der Waals surface area contributed by atoms with Crippen LogP contribution < -0.4 is 0 Å². The first-order chi connectivity index (χ1) is 15.8. The van der Waals surface area contributed by atoms with Crippen molar-refractivity contribution in [3.8, 4) is 0 Å². The molecule has 194 valence electrons. The highest BCUT2D eigenvalue weighted by molar-refractivity contribution is 5.24. The van der Waals surface area contributed by atoms with Gasteiger partial charge in [-0.15, -0.1) is 0 Å². The number of unbranched alkanes of at least 4 members (excludes halogenated alkanes) is 1. The zero-order chi connectivity index (χ0) is 26.7. The fourth-order valence-corrected chi connectivity index (χ4v) is 2.66. The van der Waals surface area contributed by atoms with Gasteiger partial charge in [-0.2, -0.15) is 0 Å². The van der Waals surface area contributed by atoms with Crippen molar-refractivity contribution in [1.29, 1.82) is 0 Å². The van der Waals surface area contributed by atoms with Gasteiger partial charge in [0.2, 0.25) is 0 Å². The molecular formula is C33H62. The average molecular weight is 459 g/mol. The lowest BCUT2D eigenvalue weighted by atomic mass is 10.0. The van der Waals surface area contributed by atoms with Gasteiger partial charge in [-0.3, -0.25) is 0 Å². The topological polar surface area (TPSA) is 0 Å². The van der Waals surface area contributed by atoms with Gasteiger partial charge in [-0.1, -0.05) is 150 Å². The van der Waals surface area contributed by atoms with Crippen LogP contribution in [0.3, 0.4) is 0 Å². The Morgan fingerprint density at radius 2 is 0.727 bits per heavy atom. The Morgan fingerprint density at radius 3 is 0.818 bits per heavy atom. The predicted molar refractivity (Wildman–Crippen MR) is 159 cm³/mol. The van der Waals surface area contributed by atoms with Gasteiger partial charge in [0.05, 0.1) is 0 Å². The fraction of sp³-hybridized carbons (Fsp3) is 0.636. The van der Waals surface area contributed by atoms with Gasteiger partial charge in [0.1, 0.15) is 0 Å². The van der Waals surface area contributed by atoms with Gasteiger partial charge in [0.25, 0.3) is 0 Å². The van der Waals surface area contributed by atoms with Crippen molar-refractivity contribution in [2.45, 2.75) is 129 Å². The number of hydrogen-bond acceptors (Lipinski definition) is 0. The largest absolute Gasteiger partial charge is 0.0683 e. The summed E-state index contributed by atoms with van der Waals surface area (Å²) in [5.74, 6) is 2.03. The average Bonchev–Trinajstić information content (AvgIpc) is 3.25. The van der Waals surface area contributed by atoms with Crippen molar-refractivity contribution in [3.63, 3.8) is 0 Å². The van der Waals surface area contributed by atoms with Crippen LogP contribution in [0.2, 0.25) is 0 Å². The molecule has 0 aromatic heterocycles. The first kappa shape index (κ1) is 38.7. The summed E-state index contributed by atoms with van der Waals surface area (Å²) < 4.78 is 0. The van der Waals surface area contributed by atoms with Crippen molar-refractivity contribution in [2.75, 3.05) is 0 Å². The summed E-state index contributed by atoms with van der Waals surface area (Å²) in [5, 5.41) is 0. The Hall–Kier alpha value is -1.56. The molecule has 1 fully saturated rings. The second-order valence-corrected chi connectivity index (χ2v) is 8.05. The molecule has 3 rings (SSSR count). The minimum Gasteiger partial charge on any atom is -0.0683 e. The Labute approximate surface area is 211 Å². The minimum atomic E-state index is 1.01. The van der Waals surface area contributed by atoms with Crippen LogP contribution in [0.4, 0.5) is 0 Å². The molecule has 1 aliphatic rings. The summed E-state index contributed by atoms with van der Waals surface area (Å²) in [6.45, 7) is 29.6. The molecule has 0 heterocycles. The van der Waals surface area contributed by atoms with Gasteiger partial charge < -0.3 is 0 Å². The van der Waals surface area contributed by atoms with Gasteiger partial charge in [-0.05, 0) is 61.8 Å². The Balaban J connectivity index is -0.000000161. The Kier molecular flexibility index (Phi) is 35.7. The van der Waals surface area contributed by atoms with Crippen LogP contribution in [0.5, 0.6) is 0 Å². The van der Waals surface area contributed by atoms with E-state index in [-0.39, 0.29) is 0 Å². The third-order valence-corrected chi connectivity index (χ3v) is 5.64. The molecule has 0 spiro atoms. The monoisotopic (exact) mass is 458 g/mol. The lowest BCUT2D eigenvalue weighted by molar-refractivity contribution is 0.457. The standard InChI is InChI=1S/2C8H10.C7H14.C4H10.3C2H6/c2*1-7-5-3-4-6-8(7)2;1-6-4-3-5-7(6)2;1-3-4-2;3*1-2/h2*3-6H,1-2H3;6-7H,3-5H2,1-2H3;3-4H2,1-2H3;3*1-2H3. The lowest BCUT2D eigenvalue weighted by Gasteiger charge is -2.05. The van der Waals surface area contributed by atoms with Crippen molar-refractivity contribution in [1.82, 2.24) is 0 Å². The molecule has 0 radical (unpaired) electrons. The third kappa shape index (κ3) is 24.9. The zero-order valence-electron chi connectivity index (χ0n) is 25.3. The summed E-state index contributed by atoms with van der Waals surface area (Å²) in [7, 11) is 0. The van der Waals surface area contributed by atoms with E-state index in [1.165, 1.54) is 54.4 Å². The molecule has 33 heavy (non-hydrogen) atoms. The second-order valence-electron chi connectivity index (χ2n) is 8.05. The van der Waals surface area contributed by atoms with Gasteiger partial charge in [0, 0.05) is 0 Å². The molecule has 2 aromatic carbocycles. The Morgan fingerprint density at radius 1 is 0.515 bits per heavy atom. The number of hydrogen-bond donors (Lipinski definition) is 0. The fourth-order valence-electron chi connectivity index (χ4n) is 2.66. The molecule has 0 nitrogen and oxygen atoms in total. The zero-order valence-corrected chi connectivity index (χ0v) is 25.3. The van der Waals surface area contributed by atoms with Crippen molar-refractivity contribution >= 4 is 0 Å². The van der Waals surface area contributed by atoms with Crippen LogP contribution in [0.15, 0.2) is 48.5 Å². The van der Waals surface area contributed by atoms with E-state index in [0.29, 0.717) is 0 Å². The summed E-state index contributed by atoms with van der Waals surface area (Å²) >= 11 is 0. The van der Waals surface area contributed by atoms with Crippen molar-refractivity contribution in [3.05, 3.63) is 70.8 Å². The first-order valence-corrected chi connectivity index (χ1v) is 13.9. The molecule has 2 unspecified atom stereocenters. The lowest BCUT2D eigenvalue weighted by Crippen LogP contribution is -1.95. The van der Waals surface area contributed by atoms with E-state index in [4.69, 9.17) is 0 Å². The minimum absolute atomic E-state index is 1.01. The SMILES string of the molecule is CC.CC.CC.CC1CCCC1C.CCCC.Cc1ccccc1C.Cc1ccccc1C. The second kappa shape index (κ2) is 30.4. The molecule has 0 N–H and O–H groups in total. The predicted octanol–water partition coefficient (Wildman–Crippen LogP) is 11.9. The van der Waals surface area contributed by atoms with E-state index < -0.39 is 0 Å². The van der Waals surface area contributed by atoms with Gasteiger partial charge in [-0.25, -0.2) is 0 Å². The van der Waals surface area contributed by atoms with Crippen molar-refractivity contribution in [2.24, 2.45) is 11.8 Å². The van der Waals surface area contributed by atoms with Crippen LogP contribution in [-0.2, 0) is 0 Å². The highest BCUT2D eigenvalue weighted by Gasteiger charge is 2.17. The highest BCUT2D eigenvalue weighted by atomic mass is 14.2. The molecule has 0 bridgehead atoms. The van der Waals surface area contributed by atoms with E-state index >= 15 is 0 Å². The van der Waals surface area contributed by atoms with Gasteiger partial charge in [0.15, 0.2) is 0 Å². The van der Waals surface area contributed by atoms with Gasteiger partial charge >= 0.3 is 0 Å². The summed E-state index contributed by atoms with van der Waals surface area (Å²) in [6, 6.07) is 16.7. The van der Waals surface area contributed by atoms with Crippen LogP contribution in [0.25, 0.3) is 0 Å². The van der Waals surface area contributed by atoms with Crippen molar-refractivity contribution < 1.29 is 0 Å². The highest BCUT2D eigenvalue weighted by Crippen LogP contribution is 2.29. The van der Waals surface area contributed by atoms with Crippen LogP contribution >= 0.6 is 0 Å². The smallest absolute Gasteiger partial charge is 0.0395 e. The molecule has 1 aliphatic carbocycles. The molecule has 0 saturated heterocycles. The third-order valence-electron chi connectivity index (χ3n) is 5.64. The maximum atomic E-state index is 2.36. The van der Waals surface area contributed by atoms with E-state index in [1.807, 2.05) is 41.5 Å². The Bertz CT molecular complexity index is 501. The molecule has 2 atom stereocenters. The van der Waals surface area contributed by atoms with E-state index in [0.717, 1.165) is 11.8 Å². The maximum absolute atomic E-state index is 2.36. The van der Waals surface area contributed by atoms with E-state index in [2.05, 4.69) is 104 Å². The number of rotatable bonds is 1. The van der Waals surface area contributed by atoms with E-state index in [9.17, 15) is 0 Å². The summed E-state index contributed by atoms with van der Waals surface area (Å²) in [4.78, 5) is 0. The molecular weight excluding hydrogens is 396 g/mol. The quantitative estimate of drug-likeness (QED) is 0.398. The normalized spacial score (nSPS) is 14.8. The maximum Gasteiger partial charge on any atom is -0.0395 e. The molecule has 0 heteroatoms.